The topological polar surface area (TPSA) is 69.1 Å². The maximum atomic E-state index is 11.4. The third-order valence-electron chi connectivity index (χ3n) is 6.94. The summed E-state index contributed by atoms with van der Waals surface area (Å²) in [5.41, 5.74) is 2.25. The second kappa shape index (κ2) is 12.0. The monoisotopic (exact) mass is 543 g/mol. The molecule has 1 aliphatic heterocycles. The Hall–Kier alpha value is -2.35. The number of hydrogen-bond acceptors (Lipinski definition) is 6. The van der Waals surface area contributed by atoms with Crippen molar-refractivity contribution in [2.75, 3.05) is 31.1 Å². The van der Waals surface area contributed by atoms with Gasteiger partial charge in [-0.3, -0.25) is 9.88 Å². The van der Waals surface area contributed by atoms with Crippen molar-refractivity contribution in [1.29, 1.82) is 0 Å². The van der Waals surface area contributed by atoms with Crippen molar-refractivity contribution < 1.29 is 14.9 Å². The van der Waals surface area contributed by atoms with E-state index in [2.05, 4.69) is 40.8 Å². The number of halogens is 2. The molecule has 4 rings (SSSR count). The summed E-state index contributed by atoms with van der Waals surface area (Å²) in [5.74, 6) is 0.766. The molecule has 0 unspecified atom stereocenters. The maximum absolute atomic E-state index is 11.4. The average Bonchev–Trinajstić information content (AvgIpc) is 2.89. The molecule has 1 fully saturated rings. The molecule has 37 heavy (non-hydrogen) atoms. The van der Waals surface area contributed by atoms with Crippen LogP contribution < -0.4 is 9.64 Å². The molecule has 1 saturated heterocycles. The van der Waals surface area contributed by atoms with E-state index in [9.17, 15) is 10.2 Å². The molecule has 0 saturated carbocycles. The van der Waals surface area contributed by atoms with Gasteiger partial charge in [0.15, 0.2) is 0 Å². The number of ether oxygens (including phenoxy) is 1. The fourth-order valence-electron chi connectivity index (χ4n) is 4.84. The third-order valence-corrected chi connectivity index (χ3v) is 7.50. The van der Waals surface area contributed by atoms with Gasteiger partial charge in [-0.1, -0.05) is 48.3 Å². The number of piperazine rings is 1. The number of benzene rings is 2. The van der Waals surface area contributed by atoms with Crippen LogP contribution in [0.3, 0.4) is 0 Å². The molecule has 0 spiro atoms. The Morgan fingerprint density at radius 2 is 1.84 bits per heavy atom. The van der Waals surface area contributed by atoms with Gasteiger partial charge in [-0.25, -0.2) is 0 Å². The van der Waals surface area contributed by atoms with E-state index in [0.717, 1.165) is 30.0 Å². The SMILES string of the molecule is CCCOc1ccc(N2C[C@@H](C)N(C[C@@](C)(O)c3ccc(CO)nc3)C[C@H]2c2ccc(Cl)cc2)c(Cl)c1. The van der Waals surface area contributed by atoms with E-state index in [4.69, 9.17) is 27.9 Å². The smallest absolute Gasteiger partial charge is 0.120 e. The van der Waals surface area contributed by atoms with E-state index in [1.54, 1.807) is 12.3 Å². The molecule has 2 heterocycles. The summed E-state index contributed by atoms with van der Waals surface area (Å²) in [6, 6.07) is 17.5. The van der Waals surface area contributed by atoms with E-state index >= 15 is 0 Å². The first kappa shape index (κ1) is 27.7. The van der Waals surface area contributed by atoms with Crippen LogP contribution in [-0.2, 0) is 12.2 Å². The lowest BCUT2D eigenvalue weighted by molar-refractivity contribution is -0.00396. The molecule has 3 atom stereocenters. The standard InChI is InChI=1S/C29H35Cl2N3O3/c1-4-13-37-25-11-12-27(26(31)14-25)34-16-20(2)33(17-28(34)21-5-8-23(30)9-6-21)19-29(3,36)22-7-10-24(18-35)32-15-22/h5-12,14-15,20,28,35-36H,4,13,16-19H2,1-3H3/t20-,28+,29-/m1/s1. The van der Waals surface area contributed by atoms with Crippen molar-refractivity contribution in [2.24, 2.45) is 0 Å². The Kier molecular flexibility index (Phi) is 8.98. The first-order chi connectivity index (χ1) is 17.7. The van der Waals surface area contributed by atoms with Crippen LogP contribution in [0.15, 0.2) is 60.8 Å². The van der Waals surface area contributed by atoms with Gasteiger partial charge in [0, 0.05) is 48.5 Å². The molecule has 1 aromatic heterocycles. The Bertz CT molecular complexity index is 1170. The zero-order valence-electron chi connectivity index (χ0n) is 21.6. The van der Waals surface area contributed by atoms with Crippen molar-refractivity contribution in [3.05, 3.63) is 87.7 Å². The van der Waals surface area contributed by atoms with Gasteiger partial charge in [0.1, 0.15) is 11.4 Å². The zero-order chi connectivity index (χ0) is 26.6. The van der Waals surface area contributed by atoms with Crippen molar-refractivity contribution >= 4 is 28.9 Å². The van der Waals surface area contributed by atoms with Gasteiger partial charge in [-0.05, 0) is 56.2 Å². The molecule has 198 valence electrons. The molecular formula is C29H35Cl2N3O3. The van der Waals surface area contributed by atoms with E-state index in [0.29, 0.717) is 41.0 Å². The van der Waals surface area contributed by atoms with Crippen molar-refractivity contribution in [3.8, 4) is 5.75 Å². The van der Waals surface area contributed by atoms with Gasteiger partial charge < -0.3 is 19.8 Å². The van der Waals surface area contributed by atoms with Gasteiger partial charge >= 0.3 is 0 Å². The molecule has 0 bridgehead atoms. The summed E-state index contributed by atoms with van der Waals surface area (Å²) in [6.45, 7) is 8.42. The predicted octanol–water partition coefficient (Wildman–Crippen LogP) is 5.83. The third kappa shape index (κ3) is 6.57. The van der Waals surface area contributed by atoms with Gasteiger partial charge in [-0.2, -0.15) is 0 Å². The average molecular weight is 545 g/mol. The second-order valence-corrected chi connectivity index (χ2v) is 10.8. The minimum absolute atomic E-state index is 0.000864. The molecular weight excluding hydrogens is 509 g/mol. The molecule has 8 heteroatoms. The molecule has 0 aliphatic carbocycles. The van der Waals surface area contributed by atoms with Crippen LogP contribution in [-0.4, -0.2) is 52.4 Å². The molecule has 2 N–H and O–H groups in total. The number of rotatable bonds is 9. The van der Waals surface area contributed by atoms with Crippen LogP contribution in [0.2, 0.25) is 10.0 Å². The summed E-state index contributed by atoms with van der Waals surface area (Å²) in [4.78, 5) is 8.90. The first-order valence-electron chi connectivity index (χ1n) is 12.7. The Morgan fingerprint density at radius 3 is 2.46 bits per heavy atom. The van der Waals surface area contributed by atoms with Crippen molar-refractivity contribution in [3.63, 3.8) is 0 Å². The maximum Gasteiger partial charge on any atom is 0.120 e. The van der Waals surface area contributed by atoms with Crippen LogP contribution in [0.5, 0.6) is 5.75 Å². The van der Waals surface area contributed by atoms with Gasteiger partial charge in [0.05, 0.1) is 35.7 Å². The summed E-state index contributed by atoms with van der Waals surface area (Å²) in [7, 11) is 0. The molecule has 3 aromatic rings. The molecule has 6 nitrogen and oxygen atoms in total. The fraction of sp³-hybridized carbons (Fsp3) is 0.414. The largest absolute Gasteiger partial charge is 0.494 e. The number of hydrogen-bond donors (Lipinski definition) is 2. The summed E-state index contributed by atoms with van der Waals surface area (Å²) in [6.07, 6.45) is 2.58. The highest BCUT2D eigenvalue weighted by Crippen LogP contribution is 2.39. The fourth-order valence-corrected chi connectivity index (χ4v) is 5.24. The normalized spacial score (nSPS) is 20.0. The van der Waals surface area contributed by atoms with Crippen molar-refractivity contribution in [1.82, 2.24) is 9.88 Å². The Morgan fingerprint density at radius 1 is 1.08 bits per heavy atom. The number of nitrogens with zero attached hydrogens (tertiary/aromatic N) is 3. The number of aliphatic hydroxyl groups is 2. The molecule has 1 aliphatic rings. The molecule has 2 aromatic carbocycles. The second-order valence-electron chi connectivity index (χ2n) is 9.93. The summed E-state index contributed by atoms with van der Waals surface area (Å²) in [5, 5.41) is 22.1. The Balaban J connectivity index is 1.62. The number of aliphatic hydroxyl groups excluding tert-OH is 1. The highest BCUT2D eigenvalue weighted by Gasteiger charge is 2.37. The lowest BCUT2D eigenvalue weighted by atomic mass is 9.93. The summed E-state index contributed by atoms with van der Waals surface area (Å²) >= 11 is 13.0. The van der Waals surface area contributed by atoms with Gasteiger partial charge in [-0.15, -0.1) is 0 Å². The van der Waals surface area contributed by atoms with Crippen LogP contribution in [0.4, 0.5) is 5.69 Å². The number of anilines is 1. The number of β-amino-alcohol motifs (C(OH)–C–C–N with tert-alkyl or cyclic N) is 1. The first-order valence-corrected chi connectivity index (χ1v) is 13.4. The molecule has 0 amide bonds. The predicted molar refractivity (Wildman–Crippen MR) is 150 cm³/mol. The van der Waals surface area contributed by atoms with E-state index in [1.807, 2.05) is 43.3 Å². The van der Waals surface area contributed by atoms with Crippen LogP contribution in [0.1, 0.15) is 50.1 Å². The summed E-state index contributed by atoms with van der Waals surface area (Å²) < 4.78 is 5.78. The Labute approximate surface area is 229 Å². The zero-order valence-corrected chi connectivity index (χ0v) is 23.1. The van der Waals surface area contributed by atoms with E-state index in [1.165, 1.54) is 0 Å². The van der Waals surface area contributed by atoms with Crippen LogP contribution in [0.25, 0.3) is 0 Å². The van der Waals surface area contributed by atoms with E-state index < -0.39 is 5.60 Å². The van der Waals surface area contributed by atoms with Crippen molar-refractivity contribution in [2.45, 2.75) is 51.5 Å². The van der Waals surface area contributed by atoms with Gasteiger partial charge in [0.25, 0.3) is 0 Å². The molecule has 0 radical (unpaired) electrons. The van der Waals surface area contributed by atoms with E-state index in [-0.39, 0.29) is 18.7 Å². The number of aromatic nitrogens is 1. The van der Waals surface area contributed by atoms with Crippen LogP contribution in [0, 0.1) is 0 Å². The van der Waals surface area contributed by atoms with Crippen LogP contribution >= 0.6 is 23.2 Å². The lowest BCUT2D eigenvalue weighted by Crippen LogP contribution is -2.56. The minimum atomic E-state index is -1.11. The number of pyridine rings is 1. The highest BCUT2D eigenvalue weighted by atomic mass is 35.5. The van der Waals surface area contributed by atoms with Gasteiger partial charge in [0.2, 0.25) is 0 Å². The lowest BCUT2D eigenvalue weighted by Gasteiger charge is -2.48. The quantitative estimate of drug-likeness (QED) is 0.354. The highest BCUT2D eigenvalue weighted by molar-refractivity contribution is 6.33. The minimum Gasteiger partial charge on any atom is -0.494 e.